The van der Waals surface area contributed by atoms with Gasteiger partial charge in [-0.15, -0.1) is 0 Å². The molecule has 1 amide bonds. The van der Waals surface area contributed by atoms with Crippen LogP contribution in [0, 0.1) is 0 Å². The third-order valence-corrected chi connectivity index (χ3v) is 4.75. The van der Waals surface area contributed by atoms with Crippen LogP contribution in [0.15, 0.2) is 46.1 Å². The van der Waals surface area contributed by atoms with Gasteiger partial charge < -0.3 is 4.42 Å². The lowest BCUT2D eigenvalue weighted by Gasteiger charge is -2.22. The summed E-state index contributed by atoms with van der Waals surface area (Å²) in [4.78, 5) is 12.0. The maximum absolute atomic E-state index is 12.0. The Labute approximate surface area is 148 Å². The Balaban J connectivity index is 2.15. The molecule has 1 aromatic carbocycles. The van der Waals surface area contributed by atoms with Gasteiger partial charge in [-0.3, -0.25) is 9.10 Å². The Morgan fingerprint density at radius 1 is 1.33 bits per heavy atom. The lowest BCUT2D eigenvalue weighted by Crippen LogP contribution is -2.39. The Hall–Kier alpha value is -2.03. The van der Waals surface area contributed by atoms with Crippen LogP contribution < -0.4 is 9.73 Å². The smallest absolute Gasteiger partial charge is 0.260 e. The molecular weight excluding hydrogens is 377 g/mol. The molecular formula is C14H13Cl2N3O4S. The van der Waals surface area contributed by atoms with Crippen LogP contribution in [0.25, 0.3) is 0 Å². The monoisotopic (exact) mass is 389 g/mol. The summed E-state index contributed by atoms with van der Waals surface area (Å²) in [7, 11) is -3.76. The van der Waals surface area contributed by atoms with E-state index in [0.717, 1.165) is 10.6 Å². The molecule has 0 atom stereocenters. The highest BCUT2D eigenvalue weighted by Gasteiger charge is 2.23. The van der Waals surface area contributed by atoms with Crippen LogP contribution in [-0.4, -0.2) is 33.3 Å². The van der Waals surface area contributed by atoms with Crippen molar-refractivity contribution in [1.29, 1.82) is 0 Å². The molecule has 24 heavy (non-hydrogen) atoms. The van der Waals surface area contributed by atoms with Crippen molar-refractivity contribution in [2.45, 2.75) is 0 Å². The zero-order chi connectivity index (χ0) is 17.7. The Morgan fingerprint density at radius 3 is 2.71 bits per heavy atom. The SMILES string of the molecule is CS(=O)(=O)N(CC(=O)N/N=C\c1ccco1)c1cccc(Cl)c1Cl. The van der Waals surface area contributed by atoms with Crippen molar-refractivity contribution in [3.63, 3.8) is 0 Å². The summed E-state index contributed by atoms with van der Waals surface area (Å²) in [5, 5.41) is 3.90. The van der Waals surface area contributed by atoms with E-state index in [-0.39, 0.29) is 15.7 Å². The average Bonchev–Trinajstić information content (AvgIpc) is 3.00. The van der Waals surface area contributed by atoms with Gasteiger partial charge in [-0.05, 0) is 24.3 Å². The van der Waals surface area contributed by atoms with Gasteiger partial charge in [-0.25, -0.2) is 13.8 Å². The number of sulfonamides is 1. The number of rotatable bonds is 6. The molecule has 0 spiro atoms. The zero-order valence-electron chi connectivity index (χ0n) is 12.4. The topological polar surface area (TPSA) is 92.0 Å². The molecule has 1 aromatic heterocycles. The molecule has 0 radical (unpaired) electrons. The molecule has 2 aromatic rings. The maximum Gasteiger partial charge on any atom is 0.260 e. The van der Waals surface area contributed by atoms with Crippen molar-refractivity contribution < 1.29 is 17.6 Å². The van der Waals surface area contributed by atoms with Crippen LogP contribution in [0.4, 0.5) is 5.69 Å². The second-order valence-corrected chi connectivity index (χ2v) is 7.34. The number of benzene rings is 1. The molecule has 0 saturated heterocycles. The van der Waals surface area contributed by atoms with Crippen LogP contribution in [0.5, 0.6) is 0 Å². The fraction of sp³-hybridized carbons (Fsp3) is 0.143. The number of hydrogen-bond donors (Lipinski definition) is 1. The number of carbonyl (C=O) groups excluding carboxylic acids is 1. The number of hydrazone groups is 1. The van der Waals surface area contributed by atoms with E-state index < -0.39 is 22.5 Å². The van der Waals surface area contributed by atoms with E-state index in [1.165, 1.54) is 30.7 Å². The van der Waals surface area contributed by atoms with Crippen molar-refractivity contribution in [3.8, 4) is 0 Å². The number of hydrogen-bond acceptors (Lipinski definition) is 5. The minimum atomic E-state index is -3.76. The number of anilines is 1. The minimum absolute atomic E-state index is 0.0384. The van der Waals surface area contributed by atoms with Crippen LogP contribution in [0.3, 0.4) is 0 Å². The molecule has 2 rings (SSSR count). The fourth-order valence-corrected chi connectivity index (χ4v) is 3.07. The first-order chi connectivity index (χ1) is 11.3. The summed E-state index contributed by atoms with van der Waals surface area (Å²) in [6.07, 6.45) is 3.70. The van der Waals surface area contributed by atoms with Gasteiger partial charge >= 0.3 is 0 Å². The van der Waals surface area contributed by atoms with Crippen molar-refractivity contribution in [2.75, 3.05) is 17.1 Å². The van der Waals surface area contributed by atoms with Gasteiger partial charge in [-0.2, -0.15) is 5.10 Å². The fourth-order valence-electron chi connectivity index (χ4n) is 1.76. The molecule has 0 aliphatic heterocycles. The summed E-state index contributed by atoms with van der Waals surface area (Å²) in [6, 6.07) is 7.81. The number of carbonyl (C=O) groups is 1. The first-order valence-corrected chi connectivity index (χ1v) is 9.16. The van der Waals surface area contributed by atoms with Crippen molar-refractivity contribution in [2.24, 2.45) is 5.10 Å². The van der Waals surface area contributed by atoms with Gasteiger partial charge in [0.25, 0.3) is 5.91 Å². The van der Waals surface area contributed by atoms with Gasteiger partial charge in [0.2, 0.25) is 10.0 Å². The summed E-state index contributed by atoms with van der Waals surface area (Å²) in [5.74, 6) is -0.215. The quantitative estimate of drug-likeness (QED) is 0.606. The molecule has 0 unspecified atom stereocenters. The summed E-state index contributed by atoms with van der Waals surface area (Å²) >= 11 is 11.9. The molecule has 0 fully saturated rings. The van der Waals surface area contributed by atoms with Crippen LogP contribution in [0.2, 0.25) is 10.0 Å². The molecule has 128 valence electrons. The molecule has 0 aliphatic carbocycles. The van der Waals surface area contributed by atoms with Gasteiger partial charge in [-0.1, -0.05) is 29.3 Å². The van der Waals surface area contributed by atoms with E-state index in [9.17, 15) is 13.2 Å². The molecule has 1 heterocycles. The third-order valence-electron chi connectivity index (χ3n) is 2.81. The Morgan fingerprint density at radius 2 is 2.08 bits per heavy atom. The van der Waals surface area contributed by atoms with Crippen molar-refractivity contribution >= 4 is 51.0 Å². The zero-order valence-corrected chi connectivity index (χ0v) is 14.8. The highest BCUT2D eigenvalue weighted by atomic mass is 35.5. The van der Waals surface area contributed by atoms with Gasteiger partial charge in [0.15, 0.2) is 0 Å². The molecule has 0 aliphatic rings. The third kappa shape index (κ3) is 4.73. The molecule has 0 saturated carbocycles. The summed E-state index contributed by atoms with van der Waals surface area (Å²) in [5.41, 5.74) is 2.32. The Bertz CT molecular complexity index is 851. The van der Waals surface area contributed by atoms with Gasteiger partial charge in [0.1, 0.15) is 12.3 Å². The first-order valence-electron chi connectivity index (χ1n) is 6.56. The molecule has 10 heteroatoms. The highest BCUT2D eigenvalue weighted by molar-refractivity contribution is 7.92. The predicted molar refractivity (Wildman–Crippen MR) is 93.1 cm³/mol. The van der Waals surface area contributed by atoms with Crippen LogP contribution in [0.1, 0.15) is 5.76 Å². The number of halogens is 2. The summed E-state index contributed by atoms with van der Waals surface area (Å²) < 4.78 is 29.8. The van der Waals surface area contributed by atoms with E-state index >= 15 is 0 Å². The largest absolute Gasteiger partial charge is 0.463 e. The minimum Gasteiger partial charge on any atom is -0.463 e. The number of furan rings is 1. The maximum atomic E-state index is 12.0. The standard InChI is InChI=1S/C14H13Cl2N3O4S/c1-24(21,22)19(12-6-2-5-11(15)14(12)16)9-13(20)18-17-8-10-4-3-7-23-10/h2-8H,9H2,1H3,(H,18,20)/b17-8-. The van der Waals surface area contributed by atoms with E-state index in [1.807, 2.05) is 0 Å². The van der Waals surface area contributed by atoms with Gasteiger partial charge in [0.05, 0.1) is 34.5 Å². The van der Waals surface area contributed by atoms with Crippen molar-refractivity contribution in [3.05, 3.63) is 52.4 Å². The van der Waals surface area contributed by atoms with E-state index in [4.69, 9.17) is 27.6 Å². The Kier molecular flexibility index (Phi) is 5.87. The van der Waals surface area contributed by atoms with E-state index in [0.29, 0.717) is 5.76 Å². The van der Waals surface area contributed by atoms with E-state index in [2.05, 4.69) is 10.5 Å². The van der Waals surface area contributed by atoms with Crippen LogP contribution in [-0.2, 0) is 14.8 Å². The second kappa shape index (κ2) is 7.69. The molecule has 0 bridgehead atoms. The lowest BCUT2D eigenvalue weighted by molar-refractivity contribution is -0.119. The second-order valence-electron chi connectivity index (χ2n) is 4.65. The molecule has 7 nitrogen and oxygen atoms in total. The normalized spacial score (nSPS) is 11.6. The van der Waals surface area contributed by atoms with E-state index in [1.54, 1.807) is 12.1 Å². The van der Waals surface area contributed by atoms with Crippen LogP contribution >= 0.6 is 23.2 Å². The number of nitrogens with zero attached hydrogens (tertiary/aromatic N) is 2. The summed E-state index contributed by atoms with van der Waals surface area (Å²) in [6.45, 7) is -0.506. The highest BCUT2D eigenvalue weighted by Crippen LogP contribution is 2.33. The lowest BCUT2D eigenvalue weighted by atomic mass is 10.3. The molecule has 1 N–H and O–H groups in total. The van der Waals surface area contributed by atoms with Crippen molar-refractivity contribution in [1.82, 2.24) is 5.43 Å². The number of amides is 1. The van der Waals surface area contributed by atoms with Gasteiger partial charge in [0, 0.05) is 0 Å². The first kappa shape index (κ1) is 18.3. The average molecular weight is 390 g/mol. The number of nitrogens with one attached hydrogen (secondary N) is 1. The predicted octanol–water partition coefficient (Wildman–Crippen LogP) is 2.50.